The summed E-state index contributed by atoms with van der Waals surface area (Å²) in [5.41, 5.74) is 1.19. The third kappa shape index (κ3) is 3.73. The Labute approximate surface area is 127 Å². The maximum atomic E-state index is 10.6. The molecular formula is C15H20BrNO3. The SMILES string of the molecule is COc1ccc(Br)cc1[C@H]1CCCN1CCCC(=O)O. The smallest absolute Gasteiger partial charge is 0.303 e. The molecule has 0 radical (unpaired) electrons. The molecule has 1 N–H and O–H groups in total. The quantitative estimate of drug-likeness (QED) is 0.860. The first-order valence-electron chi connectivity index (χ1n) is 6.91. The molecule has 5 heteroatoms. The van der Waals surface area contributed by atoms with Gasteiger partial charge in [-0.15, -0.1) is 0 Å². The van der Waals surface area contributed by atoms with E-state index in [2.05, 4.69) is 26.9 Å². The molecule has 0 aliphatic carbocycles. The normalized spacial score (nSPS) is 19.2. The van der Waals surface area contributed by atoms with Gasteiger partial charge in [0.2, 0.25) is 0 Å². The lowest BCUT2D eigenvalue weighted by molar-refractivity contribution is -0.137. The van der Waals surface area contributed by atoms with Crippen LogP contribution >= 0.6 is 15.9 Å². The lowest BCUT2D eigenvalue weighted by atomic mass is 10.0. The number of ether oxygens (including phenoxy) is 1. The van der Waals surface area contributed by atoms with Gasteiger partial charge in [-0.3, -0.25) is 9.69 Å². The summed E-state index contributed by atoms with van der Waals surface area (Å²) in [6.07, 6.45) is 3.17. The average Bonchev–Trinajstić information content (AvgIpc) is 2.86. The molecule has 110 valence electrons. The molecule has 1 heterocycles. The summed E-state index contributed by atoms with van der Waals surface area (Å²) in [5.74, 6) is 0.184. The van der Waals surface area contributed by atoms with Crippen LogP contribution in [0.4, 0.5) is 0 Å². The molecule has 20 heavy (non-hydrogen) atoms. The summed E-state index contributed by atoms with van der Waals surface area (Å²) >= 11 is 3.51. The number of hydrogen-bond donors (Lipinski definition) is 1. The number of carbonyl (C=O) groups is 1. The van der Waals surface area contributed by atoms with Crippen LogP contribution in [0.15, 0.2) is 22.7 Å². The van der Waals surface area contributed by atoms with Crippen LogP contribution in [0, 0.1) is 0 Å². The fourth-order valence-corrected chi connectivity index (χ4v) is 3.22. The van der Waals surface area contributed by atoms with Crippen LogP contribution in [-0.4, -0.2) is 36.2 Å². The summed E-state index contributed by atoms with van der Waals surface area (Å²) in [6, 6.07) is 6.40. The molecule has 0 aromatic heterocycles. The number of benzene rings is 1. The number of methoxy groups -OCH3 is 1. The Balaban J connectivity index is 2.10. The number of carboxylic acid groups (broad SMARTS) is 1. The van der Waals surface area contributed by atoms with Gasteiger partial charge in [0, 0.05) is 22.5 Å². The highest BCUT2D eigenvalue weighted by Crippen LogP contribution is 2.38. The molecule has 0 spiro atoms. The lowest BCUT2D eigenvalue weighted by Gasteiger charge is -2.26. The summed E-state index contributed by atoms with van der Waals surface area (Å²) in [7, 11) is 1.69. The van der Waals surface area contributed by atoms with Crippen LogP contribution in [-0.2, 0) is 4.79 Å². The Bertz CT molecular complexity index is 478. The second-order valence-electron chi connectivity index (χ2n) is 5.08. The maximum Gasteiger partial charge on any atom is 0.303 e. The van der Waals surface area contributed by atoms with E-state index in [4.69, 9.17) is 9.84 Å². The summed E-state index contributed by atoms with van der Waals surface area (Å²) in [6.45, 7) is 1.85. The molecule has 0 saturated carbocycles. The predicted octanol–water partition coefficient (Wildman–Crippen LogP) is 3.46. The van der Waals surface area contributed by atoms with Crippen molar-refractivity contribution in [2.75, 3.05) is 20.2 Å². The van der Waals surface area contributed by atoms with Crippen molar-refractivity contribution in [2.24, 2.45) is 0 Å². The van der Waals surface area contributed by atoms with E-state index in [1.807, 2.05) is 12.1 Å². The Morgan fingerprint density at radius 3 is 3.05 bits per heavy atom. The van der Waals surface area contributed by atoms with Crippen LogP contribution in [0.5, 0.6) is 5.75 Å². The second kappa shape index (κ2) is 7.09. The molecular weight excluding hydrogens is 322 g/mol. The highest BCUT2D eigenvalue weighted by molar-refractivity contribution is 9.10. The van der Waals surface area contributed by atoms with Gasteiger partial charge in [0.1, 0.15) is 5.75 Å². The van der Waals surface area contributed by atoms with Crippen LogP contribution in [0.2, 0.25) is 0 Å². The molecule has 1 fully saturated rings. The van der Waals surface area contributed by atoms with Crippen molar-refractivity contribution in [1.29, 1.82) is 0 Å². The van der Waals surface area contributed by atoms with Crippen molar-refractivity contribution in [3.05, 3.63) is 28.2 Å². The Morgan fingerprint density at radius 1 is 1.55 bits per heavy atom. The van der Waals surface area contributed by atoms with E-state index in [0.717, 1.165) is 36.2 Å². The van der Waals surface area contributed by atoms with Crippen molar-refractivity contribution in [1.82, 2.24) is 4.90 Å². The lowest BCUT2D eigenvalue weighted by Crippen LogP contribution is -2.25. The zero-order chi connectivity index (χ0) is 14.5. The highest BCUT2D eigenvalue weighted by Gasteiger charge is 2.28. The van der Waals surface area contributed by atoms with Crippen molar-refractivity contribution >= 4 is 21.9 Å². The van der Waals surface area contributed by atoms with E-state index < -0.39 is 5.97 Å². The Morgan fingerprint density at radius 2 is 2.35 bits per heavy atom. The minimum Gasteiger partial charge on any atom is -0.496 e. The molecule has 1 saturated heterocycles. The molecule has 1 aliphatic heterocycles. The summed E-state index contributed by atoms with van der Waals surface area (Å²) in [4.78, 5) is 13.0. The zero-order valence-electron chi connectivity index (χ0n) is 11.6. The van der Waals surface area contributed by atoms with Gasteiger partial charge in [-0.2, -0.15) is 0 Å². The second-order valence-corrected chi connectivity index (χ2v) is 5.99. The van der Waals surface area contributed by atoms with Crippen molar-refractivity contribution in [3.63, 3.8) is 0 Å². The van der Waals surface area contributed by atoms with Gasteiger partial charge in [0.15, 0.2) is 0 Å². The fraction of sp³-hybridized carbons (Fsp3) is 0.533. The number of nitrogens with zero attached hydrogens (tertiary/aromatic N) is 1. The number of hydrogen-bond acceptors (Lipinski definition) is 3. The van der Waals surface area contributed by atoms with Gasteiger partial charge in [-0.05, 0) is 50.6 Å². The van der Waals surface area contributed by atoms with E-state index in [9.17, 15) is 4.79 Å². The van der Waals surface area contributed by atoms with E-state index in [1.165, 1.54) is 5.56 Å². The van der Waals surface area contributed by atoms with Crippen LogP contribution in [0.1, 0.15) is 37.3 Å². The average molecular weight is 342 g/mol. The van der Waals surface area contributed by atoms with E-state index >= 15 is 0 Å². The Kier molecular flexibility index (Phi) is 5.43. The third-order valence-corrected chi connectivity index (χ3v) is 4.24. The fourth-order valence-electron chi connectivity index (χ4n) is 2.84. The van der Waals surface area contributed by atoms with Gasteiger partial charge < -0.3 is 9.84 Å². The van der Waals surface area contributed by atoms with E-state index in [1.54, 1.807) is 7.11 Å². The first kappa shape index (κ1) is 15.3. The van der Waals surface area contributed by atoms with Gasteiger partial charge in [-0.1, -0.05) is 15.9 Å². The largest absolute Gasteiger partial charge is 0.496 e. The summed E-state index contributed by atoms with van der Waals surface area (Å²) in [5, 5.41) is 8.74. The molecule has 0 unspecified atom stereocenters. The minimum atomic E-state index is -0.721. The third-order valence-electron chi connectivity index (χ3n) is 3.75. The molecule has 0 bridgehead atoms. The first-order valence-corrected chi connectivity index (χ1v) is 7.70. The molecule has 1 aromatic rings. The number of rotatable bonds is 6. The van der Waals surface area contributed by atoms with E-state index in [0.29, 0.717) is 12.5 Å². The van der Waals surface area contributed by atoms with Crippen LogP contribution in [0.25, 0.3) is 0 Å². The molecule has 1 aromatic carbocycles. The van der Waals surface area contributed by atoms with Crippen molar-refractivity contribution < 1.29 is 14.6 Å². The first-order chi connectivity index (χ1) is 9.61. The monoisotopic (exact) mass is 341 g/mol. The van der Waals surface area contributed by atoms with Crippen LogP contribution in [0.3, 0.4) is 0 Å². The molecule has 4 nitrogen and oxygen atoms in total. The number of aliphatic carboxylic acids is 1. The topological polar surface area (TPSA) is 49.8 Å². The minimum absolute atomic E-state index is 0.235. The molecule has 1 aliphatic rings. The number of carboxylic acids is 1. The van der Waals surface area contributed by atoms with Crippen molar-refractivity contribution in [2.45, 2.75) is 31.7 Å². The zero-order valence-corrected chi connectivity index (χ0v) is 13.2. The van der Waals surface area contributed by atoms with Gasteiger partial charge in [0.25, 0.3) is 0 Å². The van der Waals surface area contributed by atoms with Gasteiger partial charge >= 0.3 is 5.97 Å². The summed E-state index contributed by atoms with van der Waals surface area (Å²) < 4.78 is 6.51. The molecule has 2 rings (SSSR count). The Hall–Kier alpha value is -1.07. The van der Waals surface area contributed by atoms with Crippen LogP contribution < -0.4 is 4.74 Å². The predicted molar refractivity (Wildman–Crippen MR) is 81.1 cm³/mol. The highest BCUT2D eigenvalue weighted by atomic mass is 79.9. The van der Waals surface area contributed by atoms with E-state index in [-0.39, 0.29) is 6.42 Å². The number of halogens is 1. The van der Waals surface area contributed by atoms with Gasteiger partial charge in [-0.25, -0.2) is 0 Å². The van der Waals surface area contributed by atoms with Gasteiger partial charge in [0.05, 0.1) is 7.11 Å². The van der Waals surface area contributed by atoms with Crippen molar-refractivity contribution in [3.8, 4) is 5.75 Å². The molecule has 0 amide bonds. The maximum absolute atomic E-state index is 10.6. The molecule has 1 atom stereocenters. The number of likely N-dealkylation sites (tertiary alicyclic amines) is 1. The standard InChI is InChI=1S/C15H20BrNO3/c1-20-14-7-6-11(16)10-12(14)13-4-2-8-17(13)9-3-5-15(18)19/h6-7,10,13H,2-5,8-9H2,1H3,(H,18,19)/t13-/m1/s1.